The molecule has 2 rings (SSSR count). The maximum Gasteiger partial charge on any atom is 0.0467 e. The van der Waals surface area contributed by atoms with Gasteiger partial charge in [0.15, 0.2) is 0 Å². The maximum absolute atomic E-state index is 4.25. The number of benzene rings is 1. The predicted molar refractivity (Wildman–Crippen MR) is 50.3 cm³/mol. The Bertz CT molecular complexity index is 389. The fourth-order valence-electron chi connectivity index (χ4n) is 1.26. The van der Waals surface area contributed by atoms with E-state index in [2.05, 4.69) is 30.6 Å². The number of thiol groups is 1. The molecule has 2 heteroatoms. The average Bonchev–Trinajstić information content (AvgIpc) is 2.32. The molecule has 11 heavy (non-hydrogen) atoms. The van der Waals surface area contributed by atoms with Crippen LogP contribution in [0, 0.1) is 6.92 Å². The lowest BCUT2D eigenvalue weighted by atomic mass is 10.2. The summed E-state index contributed by atoms with van der Waals surface area (Å²) in [5.74, 6) is 0. The van der Waals surface area contributed by atoms with E-state index in [1.54, 1.807) is 0 Å². The van der Waals surface area contributed by atoms with Crippen LogP contribution in [0.25, 0.3) is 10.9 Å². The van der Waals surface area contributed by atoms with Crippen molar-refractivity contribution < 1.29 is 0 Å². The topological polar surface area (TPSA) is 15.8 Å². The highest BCUT2D eigenvalue weighted by atomic mass is 32.1. The van der Waals surface area contributed by atoms with E-state index in [4.69, 9.17) is 0 Å². The van der Waals surface area contributed by atoms with Crippen molar-refractivity contribution in [3.8, 4) is 0 Å². The lowest BCUT2D eigenvalue weighted by Crippen LogP contribution is -1.68. The van der Waals surface area contributed by atoms with E-state index in [1.807, 2.05) is 18.3 Å². The summed E-state index contributed by atoms with van der Waals surface area (Å²) in [7, 11) is 0. The van der Waals surface area contributed by atoms with Crippen molar-refractivity contribution in [2.45, 2.75) is 11.8 Å². The number of hydrogen-bond acceptors (Lipinski definition) is 1. The van der Waals surface area contributed by atoms with Gasteiger partial charge in [-0.2, -0.15) is 0 Å². The minimum absolute atomic E-state index is 0.999. The van der Waals surface area contributed by atoms with Crippen molar-refractivity contribution in [1.82, 2.24) is 4.98 Å². The van der Waals surface area contributed by atoms with Gasteiger partial charge in [-0.3, -0.25) is 0 Å². The van der Waals surface area contributed by atoms with Crippen molar-refractivity contribution in [1.29, 1.82) is 0 Å². The van der Waals surface area contributed by atoms with Crippen LogP contribution in [0.5, 0.6) is 0 Å². The van der Waals surface area contributed by atoms with E-state index in [0.717, 1.165) is 10.4 Å². The molecule has 0 aliphatic rings. The molecule has 0 bridgehead atoms. The van der Waals surface area contributed by atoms with Crippen LogP contribution >= 0.6 is 12.6 Å². The van der Waals surface area contributed by atoms with Crippen LogP contribution in [0.4, 0.5) is 0 Å². The van der Waals surface area contributed by atoms with E-state index in [9.17, 15) is 0 Å². The van der Waals surface area contributed by atoms with Crippen molar-refractivity contribution in [3.05, 3.63) is 30.0 Å². The number of aromatic nitrogens is 1. The Morgan fingerprint density at radius 3 is 3.00 bits per heavy atom. The summed E-state index contributed by atoms with van der Waals surface area (Å²) in [6, 6.07) is 6.13. The van der Waals surface area contributed by atoms with E-state index >= 15 is 0 Å². The van der Waals surface area contributed by atoms with Crippen LogP contribution in [-0.4, -0.2) is 4.98 Å². The van der Waals surface area contributed by atoms with Crippen LogP contribution in [-0.2, 0) is 0 Å². The minimum Gasteiger partial charge on any atom is -0.361 e. The average molecular weight is 163 g/mol. The highest BCUT2D eigenvalue weighted by Crippen LogP contribution is 2.19. The molecule has 0 saturated heterocycles. The van der Waals surface area contributed by atoms with E-state index < -0.39 is 0 Å². The Labute approximate surface area is 70.8 Å². The first kappa shape index (κ1) is 6.80. The summed E-state index contributed by atoms with van der Waals surface area (Å²) in [6.45, 7) is 2.09. The zero-order chi connectivity index (χ0) is 7.84. The number of rotatable bonds is 0. The number of aryl methyl sites for hydroxylation is 1. The van der Waals surface area contributed by atoms with Crippen molar-refractivity contribution in [2.75, 3.05) is 0 Å². The lowest BCUT2D eigenvalue weighted by Gasteiger charge is -1.91. The van der Waals surface area contributed by atoms with Gasteiger partial charge in [0.25, 0.3) is 0 Å². The third-order valence-electron chi connectivity index (χ3n) is 1.87. The van der Waals surface area contributed by atoms with E-state index in [0.29, 0.717) is 0 Å². The fraction of sp³-hybridized carbons (Fsp3) is 0.111. The molecule has 1 heterocycles. The number of nitrogens with one attached hydrogen (secondary N) is 1. The van der Waals surface area contributed by atoms with Gasteiger partial charge in [0, 0.05) is 22.0 Å². The molecule has 0 aliphatic heterocycles. The SMILES string of the molecule is Cc1c[nH]c2cc(S)ccc12. The minimum atomic E-state index is 0.999. The van der Waals surface area contributed by atoms with Crippen LogP contribution in [0.15, 0.2) is 29.3 Å². The maximum atomic E-state index is 4.25. The molecule has 0 saturated carbocycles. The first-order valence-electron chi connectivity index (χ1n) is 3.54. The summed E-state index contributed by atoms with van der Waals surface area (Å²) < 4.78 is 0. The number of aromatic amines is 1. The molecule has 0 amide bonds. The van der Waals surface area contributed by atoms with Crippen molar-refractivity contribution in [2.24, 2.45) is 0 Å². The van der Waals surface area contributed by atoms with Gasteiger partial charge < -0.3 is 4.98 Å². The molecule has 0 radical (unpaired) electrons. The zero-order valence-corrected chi connectivity index (χ0v) is 7.15. The second kappa shape index (κ2) is 2.31. The molecule has 0 atom stereocenters. The van der Waals surface area contributed by atoms with Crippen LogP contribution in [0.3, 0.4) is 0 Å². The molecule has 0 fully saturated rings. The van der Waals surface area contributed by atoms with Crippen molar-refractivity contribution >= 4 is 23.5 Å². The predicted octanol–water partition coefficient (Wildman–Crippen LogP) is 2.77. The summed E-state index contributed by atoms with van der Waals surface area (Å²) in [5.41, 5.74) is 2.45. The van der Waals surface area contributed by atoms with Gasteiger partial charge in [-0.25, -0.2) is 0 Å². The third kappa shape index (κ3) is 1.03. The van der Waals surface area contributed by atoms with Gasteiger partial charge in [0.1, 0.15) is 0 Å². The highest BCUT2D eigenvalue weighted by molar-refractivity contribution is 7.80. The Morgan fingerprint density at radius 1 is 1.36 bits per heavy atom. The standard InChI is InChI=1S/C9H9NS/c1-6-5-10-9-4-7(11)2-3-8(6)9/h2-5,10-11H,1H3. The first-order chi connectivity index (χ1) is 5.27. The summed E-state index contributed by atoms with van der Waals surface area (Å²) >= 11 is 4.25. The summed E-state index contributed by atoms with van der Waals surface area (Å²) in [4.78, 5) is 4.18. The molecule has 1 aromatic carbocycles. The monoisotopic (exact) mass is 163 g/mol. The summed E-state index contributed by atoms with van der Waals surface area (Å²) in [6.07, 6.45) is 2.01. The summed E-state index contributed by atoms with van der Waals surface area (Å²) in [5, 5.41) is 1.28. The van der Waals surface area contributed by atoms with Crippen LogP contribution < -0.4 is 0 Å². The number of H-pyrrole nitrogens is 1. The zero-order valence-electron chi connectivity index (χ0n) is 6.26. The molecular formula is C9H9NS. The van der Waals surface area contributed by atoms with Gasteiger partial charge in [0.2, 0.25) is 0 Å². The molecule has 56 valence electrons. The Kier molecular flexibility index (Phi) is 1.43. The number of hydrogen-bond donors (Lipinski definition) is 2. The smallest absolute Gasteiger partial charge is 0.0467 e. The second-order valence-corrected chi connectivity index (χ2v) is 3.22. The Balaban J connectivity index is 2.86. The normalized spacial score (nSPS) is 10.7. The first-order valence-corrected chi connectivity index (χ1v) is 3.99. The van der Waals surface area contributed by atoms with Gasteiger partial charge >= 0.3 is 0 Å². The van der Waals surface area contributed by atoms with Gasteiger partial charge in [-0.05, 0) is 24.6 Å². The van der Waals surface area contributed by atoms with Gasteiger partial charge in [-0.1, -0.05) is 6.07 Å². The molecule has 1 nitrogen and oxygen atoms in total. The van der Waals surface area contributed by atoms with E-state index in [1.165, 1.54) is 10.9 Å². The molecule has 0 unspecified atom stereocenters. The van der Waals surface area contributed by atoms with Crippen molar-refractivity contribution in [3.63, 3.8) is 0 Å². The fourth-order valence-corrected chi connectivity index (χ4v) is 1.46. The second-order valence-electron chi connectivity index (χ2n) is 2.70. The third-order valence-corrected chi connectivity index (χ3v) is 2.15. The molecule has 0 aliphatic carbocycles. The van der Waals surface area contributed by atoms with E-state index in [-0.39, 0.29) is 0 Å². The molecule has 2 aromatic rings. The molecule has 1 aromatic heterocycles. The largest absolute Gasteiger partial charge is 0.361 e. The molecule has 1 N–H and O–H groups in total. The Hall–Kier alpha value is -0.890. The Morgan fingerprint density at radius 2 is 2.18 bits per heavy atom. The molecular weight excluding hydrogens is 154 g/mol. The number of fused-ring (bicyclic) bond motifs is 1. The lowest BCUT2D eigenvalue weighted by molar-refractivity contribution is 1.41. The van der Waals surface area contributed by atoms with Gasteiger partial charge in [-0.15, -0.1) is 12.6 Å². The van der Waals surface area contributed by atoms with Crippen LogP contribution in [0.1, 0.15) is 5.56 Å². The highest BCUT2D eigenvalue weighted by Gasteiger charge is 1.97. The molecule has 0 spiro atoms. The quantitative estimate of drug-likeness (QED) is 0.555. The van der Waals surface area contributed by atoms with Gasteiger partial charge in [0.05, 0.1) is 0 Å². The van der Waals surface area contributed by atoms with Crippen LogP contribution in [0.2, 0.25) is 0 Å².